The Balaban J connectivity index is 3.44. The first kappa shape index (κ1) is 11.1. The van der Waals surface area contributed by atoms with Gasteiger partial charge in [0.15, 0.2) is 0 Å². The minimum absolute atomic E-state index is 0.0698. The van der Waals surface area contributed by atoms with Crippen molar-refractivity contribution < 1.29 is 18.9 Å². The van der Waals surface area contributed by atoms with Gasteiger partial charge in [-0.1, -0.05) is 0 Å². The summed E-state index contributed by atoms with van der Waals surface area (Å²) in [5.74, 6) is -1.41. The smallest absolute Gasteiger partial charge is 0.305 e. The van der Waals surface area contributed by atoms with Gasteiger partial charge >= 0.3 is 5.97 Å². The highest BCUT2D eigenvalue weighted by Crippen LogP contribution is 1.78. The molecule has 12 heavy (non-hydrogen) atoms. The minimum Gasteiger partial charge on any atom is -0.481 e. The summed E-state index contributed by atoms with van der Waals surface area (Å²) in [6.07, 6.45) is 1.30. The normalized spacial score (nSPS) is 12.1. The number of amides is 1. The number of carboxylic acids is 1. The third-order valence-corrected chi connectivity index (χ3v) is 1.66. The third kappa shape index (κ3) is 7.20. The van der Waals surface area contributed by atoms with Crippen molar-refractivity contribution in [3.05, 3.63) is 0 Å². The molecule has 0 aromatic rings. The van der Waals surface area contributed by atoms with E-state index in [-0.39, 0.29) is 24.6 Å². The van der Waals surface area contributed by atoms with Crippen LogP contribution < -0.4 is 5.32 Å². The molecule has 0 saturated carbocycles. The molecule has 1 amide bonds. The van der Waals surface area contributed by atoms with Crippen LogP contribution in [0.25, 0.3) is 0 Å². The molecular weight excluding hydrogens is 182 g/mol. The number of carbonyl (C=O) groups excluding carboxylic acids is 1. The van der Waals surface area contributed by atoms with Crippen LogP contribution in [0, 0.1) is 0 Å². The summed E-state index contributed by atoms with van der Waals surface area (Å²) < 4.78 is 10.5. The van der Waals surface area contributed by atoms with Crippen molar-refractivity contribution in [2.75, 3.05) is 18.6 Å². The second-order valence-corrected chi connectivity index (χ2v) is 3.65. The van der Waals surface area contributed by atoms with Crippen LogP contribution in [0.15, 0.2) is 0 Å². The maximum absolute atomic E-state index is 10.7. The molecule has 0 aromatic heterocycles. The quantitative estimate of drug-likeness (QED) is 0.584. The fourth-order valence-electron chi connectivity index (χ4n) is 0.544. The molecule has 0 aliphatic heterocycles. The summed E-state index contributed by atoms with van der Waals surface area (Å²) in [4.78, 5) is 20.7. The van der Waals surface area contributed by atoms with Crippen LogP contribution >= 0.6 is 0 Å². The maximum Gasteiger partial charge on any atom is 0.305 e. The van der Waals surface area contributed by atoms with E-state index >= 15 is 0 Å². The number of hydrogen-bond acceptors (Lipinski definition) is 3. The zero-order valence-corrected chi connectivity index (χ0v) is 7.52. The van der Waals surface area contributed by atoms with Gasteiger partial charge < -0.3 is 10.4 Å². The van der Waals surface area contributed by atoms with Crippen LogP contribution in [0.2, 0.25) is 0 Å². The van der Waals surface area contributed by atoms with Crippen molar-refractivity contribution in [3.63, 3.8) is 0 Å². The molecule has 1 unspecified atom stereocenters. The van der Waals surface area contributed by atoms with Crippen molar-refractivity contribution >= 4 is 22.7 Å². The summed E-state index contributed by atoms with van der Waals surface area (Å²) in [5.41, 5.74) is 0. The van der Waals surface area contributed by atoms with Gasteiger partial charge in [0.2, 0.25) is 5.91 Å². The number of carboxylic acid groups (broad SMARTS) is 1. The van der Waals surface area contributed by atoms with Crippen molar-refractivity contribution in [1.82, 2.24) is 5.32 Å². The molecular formula is C6H11NO4S. The SMILES string of the molecule is CS(=O)CC(=O)NCCC(=O)O. The van der Waals surface area contributed by atoms with E-state index in [0.29, 0.717) is 0 Å². The second-order valence-electron chi connectivity index (χ2n) is 2.21. The molecule has 0 saturated heterocycles. The molecule has 2 N–H and O–H groups in total. The predicted molar refractivity (Wildman–Crippen MR) is 44.2 cm³/mol. The first-order chi connectivity index (χ1) is 5.52. The van der Waals surface area contributed by atoms with Crippen molar-refractivity contribution in [2.45, 2.75) is 6.42 Å². The Morgan fingerprint density at radius 2 is 2.08 bits per heavy atom. The van der Waals surface area contributed by atoms with Gasteiger partial charge in [-0.15, -0.1) is 0 Å². The lowest BCUT2D eigenvalue weighted by Gasteiger charge is -2.00. The predicted octanol–water partition coefficient (Wildman–Crippen LogP) is -1.04. The van der Waals surface area contributed by atoms with E-state index in [2.05, 4.69) is 5.32 Å². The van der Waals surface area contributed by atoms with E-state index in [9.17, 15) is 13.8 Å². The zero-order chi connectivity index (χ0) is 9.56. The van der Waals surface area contributed by atoms with E-state index < -0.39 is 16.8 Å². The monoisotopic (exact) mass is 193 g/mol. The van der Waals surface area contributed by atoms with Crippen molar-refractivity contribution in [3.8, 4) is 0 Å². The van der Waals surface area contributed by atoms with Gasteiger partial charge in [-0.25, -0.2) is 0 Å². The molecule has 0 aromatic carbocycles. The van der Waals surface area contributed by atoms with Crippen LogP contribution in [-0.4, -0.2) is 39.7 Å². The van der Waals surface area contributed by atoms with Gasteiger partial charge in [0.1, 0.15) is 5.75 Å². The van der Waals surface area contributed by atoms with Gasteiger partial charge in [0.25, 0.3) is 0 Å². The van der Waals surface area contributed by atoms with Gasteiger partial charge in [-0.05, 0) is 0 Å². The first-order valence-corrected chi connectivity index (χ1v) is 5.03. The fourth-order valence-corrected chi connectivity index (χ4v) is 1.02. The van der Waals surface area contributed by atoms with Gasteiger partial charge in [-0.3, -0.25) is 13.8 Å². The van der Waals surface area contributed by atoms with Crippen molar-refractivity contribution in [2.24, 2.45) is 0 Å². The van der Waals surface area contributed by atoms with Crippen LogP contribution in [0.1, 0.15) is 6.42 Å². The molecule has 70 valence electrons. The summed E-state index contributed by atoms with van der Waals surface area (Å²) >= 11 is 0. The molecule has 0 fully saturated rings. The summed E-state index contributed by atoms with van der Waals surface area (Å²) in [7, 11) is -1.17. The number of rotatable bonds is 5. The molecule has 0 aliphatic carbocycles. The van der Waals surface area contributed by atoms with Gasteiger partial charge in [0, 0.05) is 23.6 Å². The molecule has 0 spiro atoms. The molecule has 0 rings (SSSR count). The van der Waals surface area contributed by atoms with E-state index in [1.54, 1.807) is 0 Å². The van der Waals surface area contributed by atoms with E-state index in [0.717, 1.165) is 0 Å². The Labute approximate surface area is 72.6 Å². The highest BCUT2D eigenvalue weighted by atomic mass is 32.2. The molecule has 0 radical (unpaired) electrons. The van der Waals surface area contributed by atoms with E-state index in [4.69, 9.17) is 5.11 Å². The summed E-state index contributed by atoms with van der Waals surface area (Å²) in [6.45, 7) is 0.0887. The second kappa shape index (κ2) is 5.70. The highest BCUT2D eigenvalue weighted by molar-refractivity contribution is 7.85. The number of nitrogens with one attached hydrogen (secondary N) is 1. The molecule has 1 atom stereocenters. The Morgan fingerprint density at radius 1 is 1.50 bits per heavy atom. The third-order valence-electron chi connectivity index (χ3n) is 0.995. The minimum atomic E-state index is -1.17. The molecule has 5 nitrogen and oxygen atoms in total. The first-order valence-electron chi connectivity index (χ1n) is 3.31. The topological polar surface area (TPSA) is 83.5 Å². The number of hydrogen-bond donors (Lipinski definition) is 2. The zero-order valence-electron chi connectivity index (χ0n) is 6.70. The van der Waals surface area contributed by atoms with Gasteiger partial charge in [-0.2, -0.15) is 0 Å². The average Bonchev–Trinajstić information content (AvgIpc) is 1.84. The molecule has 6 heteroatoms. The van der Waals surface area contributed by atoms with Gasteiger partial charge in [0.05, 0.1) is 6.42 Å². The lowest BCUT2D eigenvalue weighted by molar-refractivity contribution is -0.136. The van der Waals surface area contributed by atoms with Crippen LogP contribution in [0.4, 0.5) is 0 Å². The number of carbonyl (C=O) groups is 2. The summed E-state index contributed by atoms with van der Waals surface area (Å²) in [5, 5.41) is 10.5. The Bertz CT molecular complexity index is 204. The average molecular weight is 193 g/mol. The van der Waals surface area contributed by atoms with E-state index in [1.165, 1.54) is 6.26 Å². The fraction of sp³-hybridized carbons (Fsp3) is 0.667. The standard InChI is InChI=1S/C6H11NO4S/c1-12(11)4-5(8)7-3-2-6(9)10/h2-4H2,1H3,(H,7,8)(H,9,10). The lowest BCUT2D eigenvalue weighted by Crippen LogP contribution is -2.29. The Kier molecular flexibility index (Phi) is 5.27. The largest absolute Gasteiger partial charge is 0.481 e. The highest BCUT2D eigenvalue weighted by Gasteiger charge is 2.03. The number of aliphatic carboxylic acids is 1. The van der Waals surface area contributed by atoms with Crippen LogP contribution in [0.3, 0.4) is 0 Å². The molecule has 0 bridgehead atoms. The Hall–Kier alpha value is -0.910. The summed E-state index contributed by atoms with van der Waals surface area (Å²) in [6, 6.07) is 0. The molecule has 0 aliphatic rings. The Morgan fingerprint density at radius 3 is 2.50 bits per heavy atom. The van der Waals surface area contributed by atoms with Crippen LogP contribution in [0.5, 0.6) is 0 Å². The molecule has 0 heterocycles. The van der Waals surface area contributed by atoms with E-state index in [1.807, 2.05) is 0 Å². The van der Waals surface area contributed by atoms with Crippen molar-refractivity contribution in [1.29, 1.82) is 0 Å². The van der Waals surface area contributed by atoms with Crippen LogP contribution in [-0.2, 0) is 20.4 Å². The maximum atomic E-state index is 10.7. The lowest BCUT2D eigenvalue weighted by atomic mass is 10.4.